The van der Waals surface area contributed by atoms with Crippen LogP contribution < -0.4 is 10.6 Å². The Morgan fingerprint density at radius 1 is 1.47 bits per heavy atom. The second-order valence-corrected chi connectivity index (χ2v) is 4.73. The standard InChI is InChI=1S/C14H18N2O3/c1-9(15-7-5-13(17)18)14(19)11-2-3-12-10(8-11)4-6-16-12/h2-3,8-9,15-16H,4-7H2,1H3,(H,17,18). The number of rotatable bonds is 6. The number of nitrogens with one attached hydrogen (secondary N) is 2. The predicted molar refractivity (Wildman–Crippen MR) is 72.7 cm³/mol. The molecule has 0 amide bonds. The highest BCUT2D eigenvalue weighted by Crippen LogP contribution is 2.23. The summed E-state index contributed by atoms with van der Waals surface area (Å²) >= 11 is 0. The largest absolute Gasteiger partial charge is 0.481 e. The highest BCUT2D eigenvalue weighted by Gasteiger charge is 2.17. The minimum Gasteiger partial charge on any atom is -0.481 e. The Kier molecular flexibility index (Phi) is 4.16. The Balaban J connectivity index is 1.97. The highest BCUT2D eigenvalue weighted by molar-refractivity contribution is 6.00. The molecule has 1 heterocycles. The fourth-order valence-electron chi connectivity index (χ4n) is 2.20. The lowest BCUT2D eigenvalue weighted by Gasteiger charge is -2.12. The summed E-state index contributed by atoms with van der Waals surface area (Å²) < 4.78 is 0. The van der Waals surface area contributed by atoms with Crippen molar-refractivity contribution in [3.05, 3.63) is 29.3 Å². The quantitative estimate of drug-likeness (QED) is 0.673. The molecule has 0 saturated carbocycles. The Labute approximate surface area is 112 Å². The van der Waals surface area contributed by atoms with Gasteiger partial charge in [0.2, 0.25) is 0 Å². The molecule has 5 heteroatoms. The van der Waals surface area contributed by atoms with Crippen molar-refractivity contribution in [1.82, 2.24) is 5.32 Å². The summed E-state index contributed by atoms with van der Waals surface area (Å²) in [5.41, 5.74) is 2.95. The molecule has 1 aromatic carbocycles. The van der Waals surface area contributed by atoms with Gasteiger partial charge in [-0.1, -0.05) is 0 Å². The van der Waals surface area contributed by atoms with Gasteiger partial charge in [-0.3, -0.25) is 9.59 Å². The number of aliphatic carboxylic acids is 1. The van der Waals surface area contributed by atoms with E-state index in [9.17, 15) is 9.59 Å². The maximum absolute atomic E-state index is 12.2. The molecule has 102 valence electrons. The van der Waals surface area contributed by atoms with E-state index in [1.165, 1.54) is 5.56 Å². The van der Waals surface area contributed by atoms with Gasteiger partial charge in [-0.2, -0.15) is 0 Å². The van der Waals surface area contributed by atoms with Crippen LogP contribution in [0.15, 0.2) is 18.2 Å². The third kappa shape index (κ3) is 3.32. The van der Waals surface area contributed by atoms with E-state index in [0.29, 0.717) is 12.1 Å². The molecule has 1 aromatic rings. The smallest absolute Gasteiger partial charge is 0.304 e. The topological polar surface area (TPSA) is 78.4 Å². The van der Waals surface area contributed by atoms with Crippen LogP contribution in [0.1, 0.15) is 29.3 Å². The zero-order chi connectivity index (χ0) is 13.8. The predicted octanol–water partition coefficient (Wildman–Crippen LogP) is 1.29. The minimum atomic E-state index is -0.865. The van der Waals surface area contributed by atoms with Gasteiger partial charge >= 0.3 is 5.97 Å². The van der Waals surface area contributed by atoms with Crippen molar-refractivity contribution in [3.63, 3.8) is 0 Å². The number of carboxylic acid groups (broad SMARTS) is 1. The van der Waals surface area contributed by atoms with Crippen LogP contribution >= 0.6 is 0 Å². The molecule has 19 heavy (non-hydrogen) atoms. The van der Waals surface area contributed by atoms with Gasteiger partial charge in [-0.05, 0) is 37.1 Å². The van der Waals surface area contributed by atoms with Crippen molar-refractivity contribution in [2.45, 2.75) is 25.8 Å². The van der Waals surface area contributed by atoms with Crippen LogP contribution in [-0.4, -0.2) is 36.0 Å². The first kappa shape index (κ1) is 13.5. The number of anilines is 1. The second-order valence-electron chi connectivity index (χ2n) is 4.73. The number of carboxylic acids is 1. The monoisotopic (exact) mass is 262 g/mol. The summed E-state index contributed by atoms with van der Waals surface area (Å²) in [4.78, 5) is 22.6. The SMILES string of the molecule is CC(NCCC(=O)O)C(=O)c1ccc2c(c1)CCN2. The van der Waals surface area contributed by atoms with Crippen molar-refractivity contribution in [2.24, 2.45) is 0 Å². The molecule has 0 radical (unpaired) electrons. The summed E-state index contributed by atoms with van der Waals surface area (Å²) in [6.45, 7) is 2.98. The van der Waals surface area contributed by atoms with Crippen molar-refractivity contribution < 1.29 is 14.7 Å². The molecule has 0 saturated heterocycles. The molecule has 1 unspecified atom stereocenters. The van der Waals surface area contributed by atoms with Crippen LogP contribution in [0.3, 0.4) is 0 Å². The maximum atomic E-state index is 12.2. The Bertz CT molecular complexity index is 499. The van der Waals surface area contributed by atoms with Crippen LogP contribution in [0.2, 0.25) is 0 Å². The van der Waals surface area contributed by atoms with E-state index < -0.39 is 5.97 Å². The van der Waals surface area contributed by atoms with Crippen molar-refractivity contribution in [1.29, 1.82) is 0 Å². The average Bonchev–Trinajstić information content (AvgIpc) is 2.84. The second kappa shape index (κ2) is 5.84. The van der Waals surface area contributed by atoms with Crippen LogP contribution in [0, 0.1) is 0 Å². The zero-order valence-corrected chi connectivity index (χ0v) is 10.9. The van der Waals surface area contributed by atoms with Crippen LogP contribution in [0.25, 0.3) is 0 Å². The van der Waals surface area contributed by atoms with Gasteiger partial charge in [0.15, 0.2) is 5.78 Å². The van der Waals surface area contributed by atoms with Gasteiger partial charge in [0.05, 0.1) is 12.5 Å². The minimum absolute atomic E-state index is 0.0000822. The lowest BCUT2D eigenvalue weighted by molar-refractivity contribution is -0.136. The number of hydrogen-bond acceptors (Lipinski definition) is 4. The molecule has 0 spiro atoms. The fraction of sp³-hybridized carbons (Fsp3) is 0.429. The van der Waals surface area contributed by atoms with E-state index >= 15 is 0 Å². The van der Waals surface area contributed by atoms with Crippen molar-refractivity contribution in [2.75, 3.05) is 18.4 Å². The molecule has 0 aromatic heterocycles. The molecular formula is C14H18N2O3. The van der Waals surface area contributed by atoms with E-state index in [-0.39, 0.29) is 18.2 Å². The van der Waals surface area contributed by atoms with Gasteiger partial charge in [-0.15, -0.1) is 0 Å². The van der Waals surface area contributed by atoms with E-state index in [0.717, 1.165) is 18.7 Å². The molecule has 1 aliphatic heterocycles. The number of benzene rings is 1. The number of hydrogen-bond donors (Lipinski definition) is 3. The van der Waals surface area contributed by atoms with Crippen molar-refractivity contribution >= 4 is 17.4 Å². The molecule has 1 atom stereocenters. The van der Waals surface area contributed by atoms with Crippen LogP contribution in [-0.2, 0) is 11.2 Å². The third-order valence-electron chi connectivity index (χ3n) is 3.28. The Morgan fingerprint density at radius 2 is 2.26 bits per heavy atom. The number of fused-ring (bicyclic) bond motifs is 1. The third-order valence-corrected chi connectivity index (χ3v) is 3.28. The summed E-state index contributed by atoms with van der Waals surface area (Å²) in [6.07, 6.45) is 0.961. The molecule has 0 bridgehead atoms. The average molecular weight is 262 g/mol. The van der Waals surface area contributed by atoms with Gasteiger partial charge in [0.25, 0.3) is 0 Å². The van der Waals surface area contributed by atoms with Crippen molar-refractivity contribution in [3.8, 4) is 0 Å². The highest BCUT2D eigenvalue weighted by atomic mass is 16.4. The molecule has 5 nitrogen and oxygen atoms in total. The Morgan fingerprint density at radius 3 is 3.00 bits per heavy atom. The fourth-order valence-corrected chi connectivity index (χ4v) is 2.20. The molecule has 3 N–H and O–H groups in total. The number of Topliss-reactive ketones (excluding diaryl/α,β-unsaturated/α-hetero) is 1. The molecule has 1 aliphatic rings. The first-order valence-electron chi connectivity index (χ1n) is 6.44. The molecule has 0 fully saturated rings. The van der Waals surface area contributed by atoms with Crippen LogP contribution in [0.4, 0.5) is 5.69 Å². The molecule has 0 aliphatic carbocycles. The van der Waals surface area contributed by atoms with Gasteiger partial charge < -0.3 is 15.7 Å². The normalized spacial score (nSPS) is 14.6. The summed E-state index contributed by atoms with van der Waals surface area (Å²) in [7, 11) is 0. The Hall–Kier alpha value is -1.88. The summed E-state index contributed by atoms with van der Waals surface area (Å²) in [5, 5.41) is 14.7. The number of ketones is 1. The van der Waals surface area contributed by atoms with E-state index in [1.54, 1.807) is 6.92 Å². The van der Waals surface area contributed by atoms with E-state index in [2.05, 4.69) is 10.6 Å². The van der Waals surface area contributed by atoms with E-state index in [4.69, 9.17) is 5.11 Å². The number of carbonyl (C=O) groups is 2. The molecule has 2 rings (SSSR count). The zero-order valence-electron chi connectivity index (χ0n) is 10.9. The summed E-state index contributed by atoms with van der Waals surface area (Å²) in [5.74, 6) is -0.865. The molecular weight excluding hydrogens is 244 g/mol. The van der Waals surface area contributed by atoms with Gasteiger partial charge in [-0.25, -0.2) is 0 Å². The first-order valence-corrected chi connectivity index (χ1v) is 6.44. The lowest BCUT2D eigenvalue weighted by atomic mass is 10.0. The van der Waals surface area contributed by atoms with Gasteiger partial charge in [0.1, 0.15) is 0 Å². The maximum Gasteiger partial charge on any atom is 0.304 e. The van der Waals surface area contributed by atoms with E-state index in [1.807, 2.05) is 18.2 Å². The first-order chi connectivity index (χ1) is 9.08. The summed E-state index contributed by atoms with van der Waals surface area (Å²) in [6, 6.07) is 5.30. The van der Waals surface area contributed by atoms with Crippen LogP contribution in [0.5, 0.6) is 0 Å². The lowest BCUT2D eigenvalue weighted by Crippen LogP contribution is -2.35. The van der Waals surface area contributed by atoms with Gasteiger partial charge in [0, 0.05) is 24.3 Å². The number of carbonyl (C=O) groups excluding carboxylic acids is 1.